The summed E-state index contributed by atoms with van der Waals surface area (Å²) in [4.78, 5) is 58.8. The van der Waals surface area contributed by atoms with Crippen LogP contribution in [0, 0.1) is 11.8 Å². The third-order valence-corrected chi connectivity index (χ3v) is 10.4. The van der Waals surface area contributed by atoms with Crippen LogP contribution in [0.1, 0.15) is 63.5 Å². The summed E-state index contributed by atoms with van der Waals surface area (Å²) in [6.45, 7) is 5.84. The van der Waals surface area contributed by atoms with Gasteiger partial charge in [0.05, 0.1) is 6.04 Å². The van der Waals surface area contributed by atoms with E-state index in [-0.39, 0.29) is 29.8 Å². The second-order valence-electron chi connectivity index (χ2n) is 14.6. The Kier molecular flexibility index (Phi) is 11.5. The zero-order valence-electron chi connectivity index (χ0n) is 28.4. The molecule has 0 bridgehead atoms. The van der Waals surface area contributed by atoms with Crippen LogP contribution in [0.2, 0.25) is 0 Å². The molecule has 2 aliphatic heterocycles. The maximum Gasteiger partial charge on any atom is 0.246 e. The summed E-state index contributed by atoms with van der Waals surface area (Å²) < 4.78 is 0. The fourth-order valence-corrected chi connectivity index (χ4v) is 8.04. The molecule has 4 amide bonds. The van der Waals surface area contributed by atoms with Crippen LogP contribution in [0.4, 0.5) is 0 Å². The lowest BCUT2D eigenvalue weighted by Gasteiger charge is -2.34. The number of nitrogens with zero attached hydrogens (tertiary/aromatic N) is 2. The van der Waals surface area contributed by atoms with Gasteiger partial charge in [-0.25, -0.2) is 0 Å². The van der Waals surface area contributed by atoms with Gasteiger partial charge in [-0.05, 0) is 88.3 Å². The number of nitrogens with two attached hydrogens (primary N) is 3. The van der Waals surface area contributed by atoms with Gasteiger partial charge in [0.25, 0.3) is 0 Å². The fourth-order valence-electron chi connectivity index (χ4n) is 8.04. The Balaban J connectivity index is 1.27. The third-order valence-electron chi connectivity index (χ3n) is 10.4. The molecule has 5 rings (SSSR count). The highest BCUT2D eigenvalue weighted by Gasteiger charge is 2.49. The molecule has 8 N–H and O–H groups in total. The van der Waals surface area contributed by atoms with Crippen LogP contribution in [0.15, 0.2) is 60.7 Å². The molecule has 0 aromatic heterocycles. The van der Waals surface area contributed by atoms with Gasteiger partial charge < -0.3 is 37.6 Å². The lowest BCUT2D eigenvalue weighted by Crippen LogP contribution is -2.56. The van der Waals surface area contributed by atoms with Crippen LogP contribution in [0.5, 0.6) is 0 Å². The summed E-state index contributed by atoms with van der Waals surface area (Å²) in [5.41, 5.74) is 20.1. The van der Waals surface area contributed by atoms with Crippen LogP contribution >= 0.6 is 0 Å². The monoisotopic (exact) mass is 659 g/mol. The standard InChI is InChI=1S/C37H53N7O4/c1-24-17-31(35(47)44(24)32(15-9-10-16-38)36(48)43-22-27-20-37(2,40)21-28(27)23-43)42-34(46)30(19-26-13-7-4-8-14-26)41-33(45)29(39)18-25-11-5-3-6-12-25/h3-8,11-14,24,27-32H,9-10,15-23,38-40H2,1-2H3,(H,41,45)(H,42,46). The Morgan fingerprint density at radius 1 is 0.917 bits per heavy atom. The van der Waals surface area contributed by atoms with E-state index in [9.17, 15) is 19.2 Å². The predicted molar refractivity (Wildman–Crippen MR) is 185 cm³/mol. The molecule has 1 saturated carbocycles. The fraction of sp³-hybridized carbons (Fsp3) is 0.568. The molecule has 11 heteroatoms. The molecule has 2 aromatic rings. The smallest absolute Gasteiger partial charge is 0.246 e. The third kappa shape index (κ3) is 8.61. The van der Waals surface area contributed by atoms with Crippen molar-refractivity contribution in [2.45, 2.75) is 101 Å². The molecule has 7 atom stereocenters. The highest BCUT2D eigenvalue weighted by atomic mass is 16.2. The second-order valence-corrected chi connectivity index (χ2v) is 14.6. The molecule has 48 heavy (non-hydrogen) atoms. The van der Waals surface area contributed by atoms with E-state index in [1.165, 1.54) is 0 Å². The van der Waals surface area contributed by atoms with Crippen molar-refractivity contribution >= 4 is 23.6 Å². The number of rotatable bonds is 14. The molecule has 2 aromatic carbocycles. The minimum Gasteiger partial charge on any atom is -0.343 e. The number of likely N-dealkylation sites (tertiary alicyclic amines) is 2. The van der Waals surface area contributed by atoms with Gasteiger partial charge in [0, 0.05) is 31.1 Å². The van der Waals surface area contributed by atoms with E-state index in [4.69, 9.17) is 17.2 Å². The zero-order chi connectivity index (χ0) is 34.4. The number of hydrogen-bond donors (Lipinski definition) is 5. The van der Waals surface area contributed by atoms with Crippen molar-refractivity contribution in [2.24, 2.45) is 29.0 Å². The quantitative estimate of drug-likeness (QED) is 0.191. The average molecular weight is 660 g/mol. The molecule has 2 heterocycles. The number of fused-ring (bicyclic) bond motifs is 1. The summed E-state index contributed by atoms with van der Waals surface area (Å²) >= 11 is 0. The number of hydrogen-bond acceptors (Lipinski definition) is 7. The van der Waals surface area contributed by atoms with Gasteiger partial charge in [-0.2, -0.15) is 0 Å². The summed E-state index contributed by atoms with van der Waals surface area (Å²) in [6, 6.07) is 15.4. The molecular weight excluding hydrogens is 606 g/mol. The summed E-state index contributed by atoms with van der Waals surface area (Å²) in [6.07, 6.45) is 4.69. The number of amides is 4. The summed E-state index contributed by atoms with van der Waals surface area (Å²) in [7, 11) is 0. The average Bonchev–Trinajstić information content (AvgIpc) is 3.66. The van der Waals surface area contributed by atoms with Crippen molar-refractivity contribution in [2.75, 3.05) is 19.6 Å². The largest absolute Gasteiger partial charge is 0.343 e. The molecule has 0 radical (unpaired) electrons. The lowest BCUT2D eigenvalue weighted by molar-refractivity contribution is -0.145. The second kappa shape index (κ2) is 15.6. The normalized spacial score (nSPS) is 27.0. The van der Waals surface area contributed by atoms with Crippen LogP contribution in [-0.2, 0) is 32.0 Å². The Labute approximate surface area is 284 Å². The van der Waals surface area contributed by atoms with Crippen LogP contribution < -0.4 is 27.8 Å². The van der Waals surface area contributed by atoms with Crippen molar-refractivity contribution in [3.63, 3.8) is 0 Å². The van der Waals surface area contributed by atoms with Crippen LogP contribution in [0.3, 0.4) is 0 Å². The minimum atomic E-state index is -0.946. The van der Waals surface area contributed by atoms with Crippen molar-refractivity contribution in [1.29, 1.82) is 0 Å². The van der Waals surface area contributed by atoms with E-state index >= 15 is 0 Å². The van der Waals surface area contributed by atoms with Gasteiger partial charge in [-0.15, -0.1) is 0 Å². The first-order valence-corrected chi connectivity index (χ1v) is 17.5. The van der Waals surface area contributed by atoms with E-state index < -0.39 is 36.0 Å². The maximum atomic E-state index is 14.1. The van der Waals surface area contributed by atoms with Gasteiger partial charge in [0.15, 0.2) is 0 Å². The van der Waals surface area contributed by atoms with E-state index in [2.05, 4.69) is 17.6 Å². The van der Waals surface area contributed by atoms with Crippen molar-refractivity contribution in [3.05, 3.63) is 71.8 Å². The van der Waals surface area contributed by atoms with Gasteiger partial charge in [0.1, 0.15) is 18.1 Å². The Morgan fingerprint density at radius 2 is 1.50 bits per heavy atom. The molecular formula is C37H53N7O4. The SMILES string of the molecule is CC1CC(NC(=O)C(Cc2ccccc2)NC(=O)C(N)Cc2ccccc2)C(=O)N1C(CCCCN)C(=O)N1CC2CC(C)(N)CC2C1. The van der Waals surface area contributed by atoms with Gasteiger partial charge in [0.2, 0.25) is 23.6 Å². The van der Waals surface area contributed by atoms with Crippen molar-refractivity contribution < 1.29 is 19.2 Å². The maximum absolute atomic E-state index is 14.1. The molecule has 3 aliphatic rings. The van der Waals surface area contributed by atoms with Crippen LogP contribution in [0.25, 0.3) is 0 Å². The van der Waals surface area contributed by atoms with Gasteiger partial charge in [-0.3, -0.25) is 19.2 Å². The topological polar surface area (TPSA) is 177 Å². The van der Waals surface area contributed by atoms with E-state index in [0.717, 1.165) is 36.8 Å². The van der Waals surface area contributed by atoms with E-state index in [1.807, 2.05) is 72.5 Å². The first kappa shape index (κ1) is 35.5. The molecule has 2 saturated heterocycles. The Hall–Kier alpha value is -3.80. The Bertz CT molecular complexity index is 1410. The van der Waals surface area contributed by atoms with Crippen molar-refractivity contribution in [3.8, 4) is 0 Å². The number of benzene rings is 2. The number of carbonyl (C=O) groups is 4. The molecule has 7 unspecified atom stereocenters. The summed E-state index contributed by atoms with van der Waals surface area (Å²) in [5.74, 6) is -0.460. The first-order valence-electron chi connectivity index (χ1n) is 17.5. The highest BCUT2D eigenvalue weighted by molar-refractivity contribution is 5.96. The first-order chi connectivity index (χ1) is 23.0. The minimum absolute atomic E-state index is 0.0334. The van der Waals surface area contributed by atoms with Gasteiger partial charge in [-0.1, -0.05) is 60.7 Å². The number of carbonyl (C=O) groups excluding carboxylic acids is 4. The molecule has 3 fully saturated rings. The van der Waals surface area contributed by atoms with Crippen LogP contribution in [-0.4, -0.2) is 88.8 Å². The Morgan fingerprint density at radius 3 is 2.08 bits per heavy atom. The highest BCUT2D eigenvalue weighted by Crippen LogP contribution is 2.43. The molecule has 260 valence electrons. The lowest BCUT2D eigenvalue weighted by atomic mass is 9.99. The molecule has 11 nitrogen and oxygen atoms in total. The summed E-state index contributed by atoms with van der Waals surface area (Å²) in [5, 5.41) is 5.78. The number of unbranched alkanes of at least 4 members (excludes halogenated alkanes) is 1. The van der Waals surface area contributed by atoms with E-state index in [1.54, 1.807) is 4.90 Å². The predicted octanol–water partition coefficient (Wildman–Crippen LogP) is 1.47. The van der Waals surface area contributed by atoms with Crippen molar-refractivity contribution in [1.82, 2.24) is 20.4 Å². The molecule has 0 spiro atoms. The van der Waals surface area contributed by atoms with Gasteiger partial charge >= 0.3 is 0 Å². The number of nitrogens with one attached hydrogen (secondary N) is 2. The van der Waals surface area contributed by atoms with E-state index in [0.29, 0.717) is 50.7 Å². The zero-order valence-corrected chi connectivity index (χ0v) is 28.4. The molecule has 1 aliphatic carbocycles.